The van der Waals surface area contributed by atoms with Gasteiger partial charge in [-0.1, -0.05) is 12.1 Å². The molecule has 5 heteroatoms. The van der Waals surface area contributed by atoms with E-state index in [1.165, 1.54) is 12.1 Å². The number of carboxylic acids is 1. The molecule has 84 valence electrons. The molecular formula is C10H15NO4. The number of hydrogen-bond acceptors (Lipinski definition) is 4. The van der Waals surface area contributed by atoms with Gasteiger partial charge in [0.2, 0.25) is 0 Å². The predicted octanol–water partition coefficient (Wildman–Crippen LogP) is -0.0449. The van der Waals surface area contributed by atoms with Gasteiger partial charge >= 0.3 is 5.97 Å². The van der Waals surface area contributed by atoms with Crippen molar-refractivity contribution < 1.29 is 20.1 Å². The number of benzene rings is 1. The van der Waals surface area contributed by atoms with Crippen molar-refractivity contribution in [3.8, 4) is 5.75 Å². The van der Waals surface area contributed by atoms with Crippen molar-refractivity contribution >= 4 is 5.97 Å². The van der Waals surface area contributed by atoms with Crippen molar-refractivity contribution in [2.45, 2.75) is 12.5 Å². The predicted molar refractivity (Wildman–Crippen MR) is 55.6 cm³/mol. The van der Waals surface area contributed by atoms with E-state index in [4.69, 9.17) is 21.1 Å². The average molecular weight is 213 g/mol. The standard InChI is InChI=1S/C9H11NO3.CH4O/c10-8(9(12)13)5-6-2-1-3-7(11)4-6;1-2/h1-4,8,11H,5,10H2,(H,12,13);2H,1H3. The summed E-state index contributed by atoms with van der Waals surface area (Å²) in [7, 11) is 1.00. The lowest BCUT2D eigenvalue weighted by Crippen LogP contribution is -2.32. The fourth-order valence-electron chi connectivity index (χ4n) is 1.02. The van der Waals surface area contributed by atoms with E-state index >= 15 is 0 Å². The quantitative estimate of drug-likeness (QED) is 0.564. The topological polar surface area (TPSA) is 104 Å². The first-order chi connectivity index (χ1) is 7.09. The smallest absolute Gasteiger partial charge is 0.320 e. The number of rotatable bonds is 3. The van der Waals surface area contributed by atoms with Gasteiger partial charge < -0.3 is 21.1 Å². The third-order valence-electron chi connectivity index (χ3n) is 1.68. The number of aliphatic hydroxyl groups excluding tert-OH is 1. The minimum absolute atomic E-state index is 0.120. The summed E-state index contributed by atoms with van der Waals surface area (Å²) in [5, 5.41) is 24.6. The largest absolute Gasteiger partial charge is 0.508 e. The summed E-state index contributed by atoms with van der Waals surface area (Å²) in [6.45, 7) is 0. The van der Waals surface area contributed by atoms with E-state index in [0.717, 1.165) is 12.7 Å². The second-order valence-corrected chi connectivity index (χ2v) is 2.82. The second kappa shape index (κ2) is 6.80. The molecule has 0 saturated heterocycles. The number of aliphatic carboxylic acids is 1. The molecule has 1 aromatic rings. The zero-order valence-electron chi connectivity index (χ0n) is 8.42. The Hall–Kier alpha value is -1.59. The molecule has 1 unspecified atom stereocenters. The molecule has 0 aliphatic heterocycles. The van der Waals surface area contributed by atoms with Gasteiger partial charge in [-0.2, -0.15) is 0 Å². The zero-order chi connectivity index (χ0) is 11.8. The summed E-state index contributed by atoms with van der Waals surface area (Å²) in [5.74, 6) is -0.918. The zero-order valence-corrected chi connectivity index (χ0v) is 8.42. The molecule has 1 rings (SSSR count). The first-order valence-electron chi connectivity index (χ1n) is 4.30. The molecule has 0 aliphatic carbocycles. The van der Waals surface area contributed by atoms with Crippen molar-refractivity contribution in [1.29, 1.82) is 0 Å². The maximum absolute atomic E-state index is 10.4. The van der Waals surface area contributed by atoms with Crippen LogP contribution < -0.4 is 5.73 Å². The van der Waals surface area contributed by atoms with Gasteiger partial charge in [-0.05, 0) is 24.1 Å². The molecule has 0 fully saturated rings. The maximum atomic E-state index is 10.4. The van der Waals surface area contributed by atoms with Crippen LogP contribution in [-0.4, -0.2) is 34.4 Å². The third kappa shape index (κ3) is 4.99. The van der Waals surface area contributed by atoms with Gasteiger partial charge in [-0.25, -0.2) is 0 Å². The summed E-state index contributed by atoms with van der Waals surface area (Å²) in [4.78, 5) is 10.4. The number of nitrogens with two attached hydrogens (primary N) is 1. The summed E-state index contributed by atoms with van der Waals surface area (Å²) >= 11 is 0. The van der Waals surface area contributed by atoms with E-state index in [-0.39, 0.29) is 12.2 Å². The summed E-state index contributed by atoms with van der Waals surface area (Å²) in [5.41, 5.74) is 6.03. The molecule has 1 atom stereocenters. The normalized spacial score (nSPS) is 11.1. The Bertz CT molecular complexity index is 314. The highest BCUT2D eigenvalue weighted by Crippen LogP contribution is 2.11. The Kier molecular flexibility index (Phi) is 6.08. The molecule has 1 aromatic carbocycles. The van der Waals surface area contributed by atoms with Gasteiger partial charge in [-0.15, -0.1) is 0 Å². The third-order valence-corrected chi connectivity index (χ3v) is 1.68. The Labute approximate surface area is 87.8 Å². The first kappa shape index (κ1) is 13.4. The fraction of sp³-hybridized carbons (Fsp3) is 0.300. The minimum atomic E-state index is -1.04. The molecule has 0 saturated carbocycles. The van der Waals surface area contributed by atoms with Crippen molar-refractivity contribution in [2.75, 3.05) is 7.11 Å². The highest BCUT2D eigenvalue weighted by molar-refractivity contribution is 5.73. The lowest BCUT2D eigenvalue weighted by atomic mass is 10.1. The fourth-order valence-corrected chi connectivity index (χ4v) is 1.02. The van der Waals surface area contributed by atoms with Crippen LogP contribution in [0.2, 0.25) is 0 Å². The Morgan fingerprint density at radius 1 is 1.47 bits per heavy atom. The van der Waals surface area contributed by atoms with Crippen LogP contribution in [-0.2, 0) is 11.2 Å². The van der Waals surface area contributed by atoms with E-state index in [1.807, 2.05) is 0 Å². The molecule has 0 amide bonds. The Balaban J connectivity index is 0.000000921. The molecule has 0 spiro atoms. The van der Waals surface area contributed by atoms with Crippen molar-refractivity contribution in [2.24, 2.45) is 5.73 Å². The monoisotopic (exact) mass is 213 g/mol. The average Bonchev–Trinajstić information content (AvgIpc) is 2.20. The van der Waals surface area contributed by atoms with Crippen LogP contribution in [0.3, 0.4) is 0 Å². The number of hydrogen-bond donors (Lipinski definition) is 4. The molecule has 15 heavy (non-hydrogen) atoms. The summed E-state index contributed by atoms with van der Waals surface area (Å²) < 4.78 is 0. The highest BCUT2D eigenvalue weighted by Gasteiger charge is 2.11. The van der Waals surface area contributed by atoms with Crippen LogP contribution in [0.15, 0.2) is 24.3 Å². The molecule has 5 nitrogen and oxygen atoms in total. The van der Waals surface area contributed by atoms with Gasteiger partial charge in [0.25, 0.3) is 0 Å². The van der Waals surface area contributed by atoms with Crippen molar-refractivity contribution in [1.82, 2.24) is 0 Å². The minimum Gasteiger partial charge on any atom is -0.508 e. The highest BCUT2D eigenvalue weighted by atomic mass is 16.4. The lowest BCUT2D eigenvalue weighted by Gasteiger charge is -2.05. The van der Waals surface area contributed by atoms with Gasteiger partial charge in [0.1, 0.15) is 11.8 Å². The van der Waals surface area contributed by atoms with Gasteiger partial charge in [-0.3, -0.25) is 4.79 Å². The number of aliphatic hydroxyl groups is 1. The van der Waals surface area contributed by atoms with Crippen LogP contribution in [0.25, 0.3) is 0 Å². The van der Waals surface area contributed by atoms with Gasteiger partial charge in [0.15, 0.2) is 0 Å². The molecule has 5 N–H and O–H groups in total. The Morgan fingerprint density at radius 2 is 2.07 bits per heavy atom. The van der Waals surface area contributed by atoms with E-state index in [1.54, 1.807) is 12.1 Å². The van der Waals surface area contributed by atoms with Crippen molar-refractivity contribution in [3.63, 3.8) is 0 Å². The van der Waals surface area contributed by atoms with E-state index in [2.05, 4.69) is 0 Å². The SMILES string of the molecule is CO.NC(Cc1cccc(O)c1)C(=O)O. The number of aromatic hydroxyl groups is 1. The number of phenols is 1. The van der Waals surface area contributed by atoms with Crippen LogP contribution in [0.5, 0.6) is 5.75 Å². The first-order valence-corrected chi connectivity index (χ1v) is 4.30. The van der Waals surface area contributed by atoms with E-state index in [9.17, 15) is 4.79 Å². The molecule has 0 radical (unpaired) electrons. The maximum Gasteiger partial charge on any atom is 0.320 e. The second-order valence-electron chi connectivity index (χ2n) is 2.82. The van der Waals surface area contributed by atoms with Crippen molar-refractivity contribution in [3.05, 3.63) is 29.8 Å². The van der Waals surface area contributed by atoms with Crippen LogP contribution >= 0.6 is 0 Å². The van der Waals surface area contributed by atoms with Crippen LogP contribution in [0.1, 0.15) is 5.56 Å². The molecular weight excluding hydrogens is 198 g/mol. The lowest BCUT2D eigenvalue weighted by molar-refractivity contribution is -0.138. The molecule has 0 heterocycles. The number of carboxylic acid groups (broad SMARTS) is 1. The van der Waals surface area contributed by atoms with E-state index in [0.29, 0.717) is 0 Å². The van der Waals surface area contributed by atoms with Crippen LogP contribution in [0.4, 0.5) is 0 Å². The molecule has 0 bridgehead atoms. The van der Waals surface area contributed by atoms with E-state index < -0.39 is 12.0 Å². The number of carbonyl (C=O) groups is 1. The van der Waals surface area contributed by atoms with Gasteiger partial charge in [0.05, 0.1) is 0 Å². The van der Waals surface area contributed by atoms with Gasteiger partial charge in [0, 0.05) is 7.11 Å². The van der Waals surface area contributed by atoms with Crippen LogP contribution in [0, 0.1) is 0 Å². The number of phenolic OH excluding ortho intramolecular Hbond substituents is 1. The Morgan fingerprint density at radius 3 is 2.53 bits per heavy atom. The summed E-state index contributed by atoms with van der Waals surface area (Å²) in [6.07, 6.45) is 0.226. The molecule has 0 aromatic heterocycles. The summed E-state index contributed by atoms with van der Waals surface area (Å²) in [6, 6.07) is 5.49. The molecule has 0 aliphatic rings.